The summed E-state index contributed by atoms with van der Waals surface area (Å²) >= 11 is 0. The molecule has 0 amide bonds. The SMILES string of the molecule is CCCCOc1ccccc1-c1cc(C(=O)OCC)nc(N)n1. The summed E-state index contributed by atoms with van der Waals surface area (Å²) in [5.74, 6) is 0.204. The van der Waals surface area contributed by atoms with Crippen LogP contribution in [0.3, 0.4) is 0 Å². The highest BCUT2D eigenvalue weighted by molar-refractivity contribution is 5.89. The number of ether oxygens (including phenoxy) is 2. The predicted molar refractivity (Wildman–Crippen MR) is 88.2 cm³/mol. The summed E-state index contributed by atoms with van der Waals surface area (Å²) in [7, 11) is 0. The lowest BCUT2D eigenvalue weighted by Gasteiger charge is -2.11. The average Bonchev–Trinajstić information content (AvgIpc) is 2.55. The van der Waals surface area contributed by atoms with E-state index in [4.69, 9.17) is 15.2 Å². The molecular weight excluding hydrogens is 294 g/mol. The number of esters is 1. The normalized spacial score (nSPS) is 10.3. The average molecular weight is 315 g/mol. The number of anilines is 1. The van der Waals surface area contributed by atoms with Gasteiger partial charge in [-0.15, -0.1) is 0 Å². The smallest absolute Gasteiger partial charge is 0.357 e. The summed E-state index contributed by atoms with van der Waals surface area (Å²) in [4.78, 5) is 20.0. The zero-order chi connectivity index (χ0) is 16.7. The molecule has 0 aliphatic heterocycles. The summed E-state index contributed by atoms with van der Waals surface area (Å²) in [6.45, 7) is 4.74. The molecule has 0 bridgehead atoms. The Kier molecular flexibility index (Phi) is 5.91. The predicted octanol–water partition coefficient (Wildman–Crippen LogP) is 3.08. The first-order chi connectivity index (χ1) is 11.2. The highest BCUT2D eigenvalue weighted by atomic mass is 16.5. The topological polar surface area (TPSA) is 87.3 Å². The quantitative estimate of drug-likeness (QED) is 0.624. The van der Waals surface area contributed by atoms with Crippen LogP contribution in [0.2, 0.25) is 0 Å². The van der Waals surface area contributed by atoms with Crippen molar-refractivity contribution in [3.8, 4) is 17.0 Å². The van der Waals surface area contributed by atoms with Gasteiger partial charge in [-0.25, -0.2) is 14.8 Å². The number of carbonyl (C=O) groups is 1. The number of unbranched alkanes of at least 4 members (excludes halogenated alkanes) is 1. The van der Waals surface area contributed by atoms with Crippen molar-refractivity contribution in [1.82, 2.24) is 9.97 Å². The minimum atomic E-state index is -0.521. The Morgan fingerprint density at radius 2 is 2.00 bits per heavy atom. The van der Waals surface area contributed by atoms with Crippen LogP contribution in [0, 0.1) is 0 Å². The Morgan fingerprint density at radius 1 is 1.22 bits per heavy atom. The third-order valence-electron chi connectivity index (χ3n) is 3.15. The number of para-hydroxylation sites is 1. The van der Waals surface area contributed by atoms with E-state index >= 15 is 0 Å². The number of aromatic nitrogens is 2. The molecule has 0 saturated carbocycles. The second-order valence-corrected chi connectivity index (χ2v) is 4.92. The van der Waals surface area contributed by atoms with Crippen molar-refractivity contribution in [1.29, 1.82) is 0 Å². The van der Waals surface area contributed by atoms with Crippen LogP contribution in [0.4, 0.5) is 5.95 Å². The molecular formula is C17H21N3O3. The van der Waals surface area contributed by atoms with E-state index in [1.807, 2.05) is 24.3 Å². The Morgan fingerprint density at radius 3 is 2.74 bits per heavy atom. The van der Waals surface area contributed by atoms with Crippen LogP contribution in [0.5, 0.6) is 5.75 Å². The van der Waals surface area contributed by atoms with Gasteiger partial charge in [0.25, 0.3) is 0 Å². The number of rotatable bonds is 7. The van der Waals surface area contributed by atoms with Gasteiger partial charge >= 0.3 is 5.97 Å². The molecule has 0 aliphatic rings. The van der Waals surface area contributed by atoms with Crippen LogP contribution in [-0.4, -0.2) is 29.2 Å². The van der Waals surface area contributed by atoms with Crippen LogP contribution in [0.1, 0.15) is 37.2 Å². The number of benzene rings is 1. The third-order valence-corrected chi connectivity index (χ3v) is 3.15. The third kappa shape index (κ3) is 4.42. The number of nitrogen functional groups attached to an aromatic ring is 1. The minimum Gasteiger partial charge on any atom is -0.493 e. The molecule has 0 spiro atoms. The molecule has 1 heterocycles. The van der Waals surface area contributed by atoms with E-state index in [0.717, 1.165) is 18.4 Å². The molecule has 0 aliphatic carbocycles. The fraction of sp³-hybridized carbons (Fsp3) is 0.353. The molecule has 122 valence electrons. The maximum Gasteiger partial charge on any atom is 0.357 e. The van der Waals surface area contributed by atoms with Crippen molar-refractivity contribution < 1.29 is 14.3 Å². The van der Waals surface area contributed by atoms with E-state index < -0.39 is 5.97 Å². The number of hydrogen-bond acceptors (Lipinski definition) is 6. The molecule has 0 radical (unpaired) electrons. The van der Waals surface area contributed by atoms with Crippen molar-refractivity contribution in [2.75, 3.05) is 18.9 Å². The Balaban J connectivity index is 2.36. The molecule has 2 aromatic rings. The molecule has 6 nitrogen and oxygen atoms in total. The van der Waals surface area contributed by atoms with Gasteiger partial charge in [-0.2, -0.15) is 0 Å². The minimum absolute atomic E-state index is 0.0221. The van der Waals surface area contributed by atoms with E-state index in [1.54, 1.807) is 13.0 Å². The van der Waals surface area contributed by atoms with Gasteiger partial charge in [-0.05, 0) is 31.5 Å². The molecule has 23 heavy (non-hydrogen) atoms. The van der Waals surface area contributed by atoms with Crippen molar-refractivity contribution in [2.45, 2.75) is 26.7 Å². The van der Waals surface area contributed by atoms with Crippen LogP contribution in [0.25, 0.3) is 11.3 Å². The Labute approximate surface area is 135 Å². The largest absolute Gasteiger partial charge is 0.493 e. The van der Waals surface area contributed by atoms with Crippen LogP contribution >= 0.6 is 0 Å². The molecule has 2 rings (SSSR count). The maximum atomic E-state index is 11.9. The zero-order valence-corrected chi connectivity index (χ0v) is 13.4. The lowest BCUT2D eigenvalue weighted by Crippen LogP contribution is -2.10. The molecule has 6 heteroatoms. The van der Waals surface area contributed by atoms with Crippen LogP contribution in [0.15, 0.2) is 30.3 Å². The van der Waals surface area contributed by atoms with Gasteiger partial charge in [0.2, 0.25) is 5.95 Å². The highest BCUT2D eigenvalue weighted by Crippen LogP contribution is 2.29. The molecule has 0 atom stereocenters. The van der Waals surface area contributed by atoms with Crippen molar-refractivity contribution >= 4 is 11.9 Å². The second-order valence-electron chi connectivity index (χ2n) is 4.92. The molecule has 1 aromatic carbocycles. The first-order valence-electron chi connectivity index (χ1n) is 7.69. The Bertz CT molecular complexity index is 674. The summed E-state index contributed by atoms with van der Waals surface area (Å²) in [5, 5.41) is 0. The maximum absolute atomic E-state index is 11.9. The van der Waals surface area contributed by atoms with Gasteiger partial charge in [0.05, 0.1) is 18.9 Å². The monoisotopic (exact) mass is 315 g/mol. The summed E-state index contributed by atoms with van der Waals surface area (Å²) in [6, 6.07) is 9.08. The van der Waals surface area contributed by atoms with Gasteiger partial charge < -0.3 is 15.2 Å². The Hall–Kier alpha value is -2.63. The van der Waals surface area contributed by atoms with Crippen LogP contribution in [-0.2, 0) is 4.74 Å². The molecule has 0 unspecified atom stereocenters. The van der Waals surface area contributed by atoms with Crippen molar-refractivity contribution in [2.24, 2.45) is 0 Å². The van der Waals surface area contributed by atoms with Gasteiger partial charge in [0.1, 0.15) is 5.75 Å². The van der Waals surface area contributed by atoms with Crippen molar-refractivity contribution in [3.05, 3.63) is 36.0 Å². The first kappa shape index (κ1) is 16.7. The van der Waals surface area contributed by atoms with Crippen LogP contribution < -0.4 is 10.5 Å². The summed E-state index contributed by atoms with van der Waals surface area (Å²) < 4.78 is 10.8. The number of hydrogen-bond donors (Lipinski definition) is 1. The highest BCUT2D eigenvalue weighted by Gasteiger charge is 2.15. The fourth-order valence-corrected chi connectivity index (χ4v) is 2.04. The van der Waals surface area contributed by atoms with E-state index in [-0.39, 0.29) is 18.2 Å². The summed E-state index contributed by atoms with van der Waals surface area (Å²) in [6.07, 6.45) is 2.02. The lowest BCUT2D eigenvalue weighted by molar-refractivity contribution is 0.0519. The van der Waals surface area contributed by atoms with Gasteiger partial charge in [0, 0.05) is 5.56 Å². The first-order valence-corrected chi connectivity index (χ1v) is 7.69. The van der Waals surface area contributed by atoms with Gasteiger partial charge in [0.15, 0.2) is 5.69 Å². The fourth-order valence-electron chi connectivity index (χ4n) is 2.04. The molecule has 1 aromatic heterocycles. The second kappa shape index (κ2) is 8.12. The molecule has 0 saturated heterocycles. The number of carbonyl (C=O) groups excluding carboxylic acids is 1. The van der Waals surface area contributed by atoms with E-state index in [2.05, 4.69) is 16.9 Å². The zero-order valence-electron chi connectivity index (χ0n) is 13.4. The molecule has 0 fully saturated rings. The van der Waals surface area contributed by atoms with E-state index in [0.29, 0.717) is 18.1 Å². The standard InChI is InChI=1S/C17H21N3O3/c1-3-5-10-23-15-9-7-6-8-12(15)13-11-14(16(21)22-4-2)20-17(18)19-13/h6-9,11H,3-5,10H2,1-2H3,(H2,18,19,20). The van der Waals surface area contributed by atoms with E-state index in [9.17, 15) is 4.79 Å². The van der Waals surface area contributed by atoms with Gasteiger partial charge in [-0.1, -0.05) is 25.5 Å². The number of nitrogens with two attached hydrogens (primary N) is 1. The number of nitrogens with zero attached hydrogens (tertiary/aromatic N) is 2. The molecule has 2 N–H and O–H groups in total. The van der Waals surface area contributed by atoms with Gasteiger partial charge in [-0.3, -0.25) is 0 Å². The van der Waals surface area contributed by atoms with E-state index in [1.165, 1.54) is 0 Å². The summed E-state index contributed by atoms with van der Waals surface area (Å²) in [5.41, 5.74) is 7.17. The lowest BCUT2D eigenvalue weighted by atomic mass is 10.1. The van der Waals surface area contributed by atoms with Crippen molar-refractivity contribution in [3.63, 3.8) is 0 Å².